The van der Waals surface area contributed by atoms with Crippen LogP contribution in [-0.4, -0.2) is 0 Å². The fraction of sp³-hybridized carbons (Fsp3) is 0.833. The van der Waals surface area contributed by atoms with Gasteiger partial charge < -0.3 is 6.42 Å². The van der Waals surface area contributed by atoms with E-state index in [1.54, 1.807) is 0 Å². The van der Waals surface area contributed by atoms with Gasteiger partial charge in [0.25, 0.3) is 0 Å². The second-order valence-electron chi connectivity index (χ2n) is 1.72. The van der Waals surface area contributed by atoms with Crippen molar-refractivity contribution in [3.63, 3.8) is 0 Å². The molecule has 0 amide bonds. The van der Waals surface area contributed by atoms with E-state index in [0.29, 0.717) is 0 Å². The van der Waals surface area contributed by atoms with Gasteiger partial charge in [-0.1, -0.05) is 20.3 Å². The first-order valence-corrected chi connectivity index (χ1v) is 2.60. The summed E-state index contributed by atoms with van der Waals surface area (Å²) in [5, 5.41) is 0. The van der Waals surface area contributed by atoms with Crippen LogP contribution in [0.3, 0.4) is 0 Å². The predicted octanol–water partition coefficient (Wildman–Crippen LogP) is 2.25. The van der Waals surface area contributed by atoms with E-state index in [0.717, 1.165) is 5.92 Å². The number of hydrogen-bond acceptors (Lipinski definition) is 0. The van der Waals surface area contributed by atoms with E-state index in [2.05, 4.69) is 27.2 Å². The molecule has 0 aromatic heterocycles. The Balaban J connectivity index is 0. The van der Waals surface area contributed by atoms with Gasteiger partial charge >= 0.3 is 21.1 Å². The molecule has 1 heteroatoms. The van der Waals surface area contributed by atoms with Crippen molar-refractivity contribution in [3.05, 3.63) is 6.42 Å². The molecule has 0 fully saturated rings. The van der Waals surface area contributed by atoms with Crippen molar-refractivity contribution >= 4 is 0 Å². The second-order valence-corrected chi connectivity index (χ2v) is 1.72. The van der Waals surface area contributed by atoms with E-state index in [4.69, 9.17) is 0 Å². The fourth-order valence-corrected chi connectivity index (χ4v) is 0.236. The number of hydrogen-bond donors (Lipinski definition) is 0. The van der Waals surface area contributed by atoms with Crippen molar-refractivity contribution in [1.82, 2.24) is 0 Å². The third-order valence-electron chi connectivity index (χ3n) is 1.21. The summed E-state index contributed by atoms with van der Waals surface area (Å²) in [5.74, 6) is 0.810. The van der Waals surface area contributed by atoms with Crippen LogP contribution < -0.4 is 0 Å². The van der Waals surface area contributed by atoms with Crippen LogP contribution in [0.2, 0.25) is 0 Å². The average Bonchev–Trinajstić information content (AvgIpc) is 1.65. The molecule has 0 aliphatic rings. The molecular weight excluding hydrogens is 256 g/mol. The maximum absolute atomic E-state index is 2.22. The van der Waals surface area contributed by atoms with Crippen LogP contribution in [0.1, 0.15) is 27.2 Å². The predicted molar refractivity (Wildman–Crippen MR) is 29.4 cm³/mol. The first-order chi connectivity index (χ1) is 2.81. The SMILES string of the molecule is C[CH-]C(C)CC.[W+2]. The summed E-state index contributed by atoms with van der Waals surface area (Å²) in [6, 6.07) is 0. The Bertz CT molecular complexity index is 23.4. The Hall–Kier alpha value is 0.688. The van der Waals surface area contributed by atoms with Gasteiger partial charge in [0.2, 0.25) is 0 Å². The third-order valence-corrected chi connectivity index (χ3v) is 1.21. The van der Waals surface area contributed by atoms with Crippen LogP contribution in [0.4, 0.5) is 0 Å². The maximum Gasteiger partial charge on any atom is 2.00 e. The summed E-state index contributed by atoms with van der Waals surface area (Å²) >= 11 is 0. The van der Waals surface area contributed by atoms with Crippen LogP contribution >= 0.6 is 0 Å². The van der Waals surface area contributed by atoms with Crippen molar-refractivity contribution in [3.8, 4) is 0 Å². The van der Waals surface area contributed by atoms with Crippen LogP contribution in [0, 0.1) is 12.3 Å². The van der Waals surface area contributed by atoms with Gasteiger partial charge in [0.1, 0.15) is 0 Å². The van der Waals surface area contributed by atoms with Gasteiger partial charge in [0.15, 0.2) is 0 Å². The zero-order valence-corrected chi connectivity index (χ0v) is 8.20. The van der Waals surface area contributed by atoms with Gasteiger partial charge in [-0.3, -0.25) is 0 Å². The van der Waals surface area contributed by atoms with Crippen molar-refractivity contribution in [2.24, 2.45) is 5.92 Å². The van der Waals surface area contributed by atoms with Crippen molar-refractivity contribution in [1.29, 1.82) is 0 Å². The quantitative estimate of drug-likeness (QED) is 0.674. The second kappa shape index (κ2) is 6.69. The van der Waals surface area contributed by atoms with Crippen LogP contribution in [0.25, 0.3) is 0 Å². The Morgan fingerprint density at radius 1 is 1.57 bits per heavy atom. The maximum atomic E-state index is 2.22. The van der Waals surface area contributed by atoms with Gasteiger partial charge in [-0.2, -0.15) is 12.8 Å². The van der Waals surface area contributed by atoms with E-state index in [1.807, 2.05) is 0 Å². The molecule has 1 atom stereocenters. The van der Waals surface area contributed by atoms with Crippen molar-refractivity contribution < 1.29 is 21.1 Å². The van der Waals surface area contributed by atoms with Gasteiger partial charge in [-0.25, -0.2) is 0 Å². The largest absolute Gasteiger partial charge is 2.00 e. The van der Waals surface area contributed by atoms with Crippen LogP contribution in [-0.2, 0) is 21.1 Å². The summed E-state index contributed by atoms with van der Waals surface area (Å²) in [6.45, 7) is 6.53. The fourth-order valence-electron chi connectivity index (χ4n) is 0.236. The Labute approximate surface area is 61.0 Å². The Morgan fingerprint density at radius 2 is 2.00 bits per heavy atom. The zero-order chi connectivity index (χ0) is 4.99. The van der Waals surface area contributed by atoms with E-state index in [1.165, 1.54) is 6.42 Å². The summed E-state index contributed by atoms with van der Waals surface area (Å²) in [5.41, 5.74) is 0. The molecule has 0 aliphatic carbocycles. The topological polar surface area (TPSA) is 0 Å². The standard InChI is InChI=1S/C6H13.W/c1-4-6(3)5-2;/h4,6H,5H2,1-3H3;/q-1;+2. The van der Waals surface area contributed by atoms with E-state index >= 15 is 0 Å². The molecule has 1 unspecified atom stereocenters. The molecular formula is C6H13W+. The van der Waals surface area contributed by atoms with E-state index in [9.17, 15) is 0 Å². The molecule has 0 N–H and O–H groups in total. The smallest absolute Gasteiger partial charge is 0.329 e. The van der Waals surface area contributed by atoms with E-state index in [-0.39, 0.29) is 21.1 Å². The molecule has 0 heterocycles. The molecule has 0 aliphatic heterocycles. The van der Waals surface area contributed by atoms with Gasteiger partial charge in [0, 0.05) is 0 Å². The van der Waals surface area contributed by atoms with Crippen molar-refractivity contribution in [2.45, 2.75) is 27.2 Å². The monoisotopic (exact) mass is 269 g/mol. The molecule has 0 radical (unpaired) electrons. The van der Waals surface area contributed by atoms with Crippen LogP contribution in [0.5, 0.6) is 0 Å². The summed E-state index contributed by atoms with van der Waals surface area (Å²) in [6.07, 6.45) is 3.50. The summed E-state index contributed by atoms with van der Waals surface area (Å²) in [4.78, 5) is 0. The average molecular weight is 269 g/mol. The molecule has 0 aromatic rings. The third kappa shape index (κ3) is 6.69. The molecule has 0 bridgehead atoms. The Kier molecular flexibility index (Phi) is 10.2. The Morgan fingerprint density at radius 3 is 2.00 bits per heavy atom. The minimum absolute atomic E-state index is 0. The molecule has 0 saturated heterocycles. The molecule has 0 spiro atoms. The van der Waals surface area contributed by atoms with Gasteiger partial charge in [-0.05, 0) is 0 Å². The number of rotatable bonds is 2. The van der Waals surface area contributed by atoms with Gasteiger partial charge in [-0.15, -0.1) is 0 Å². The first kappa shape index (κ1) is 10.6. The first-order valence-electron chi connectivity index (χ1n) is 2.60. The zero-order valence-electron chi connectivity index (χ0n) is 5.27. The summed E-state index contributed by atoms with van der Waals surface area (Å²) < 4.78 is 0. The van der Waals surface area contributed by atoms with Gasteiger partial charge in [0.05, 0.1) is 0 Å². The molecule has 0 saturated carbocycles. The van der Waals surface area contributed by atoms with E-state index < -0.39 is 0 Å². The molecule has 0 nitrogen and oxygen atoms in total. The minimum Gasteiger partial charge on any atom is -0.329 e. The molecule has 7 heavy (non-hydrogen) atoms. The molecule has 0 aromatic carbocycles. The minimum atomic E-state index is 0. The van der Waals surface area contributed by atoms with Crippen molar-refractivity contribution in [2.75, 3.05) is 0 Å². The molecule has 42 valence electrons. The molecule has 0 rings (SSSR count). The normalized spacial score (nSPS) is 12.4. The summed E-state index contributed by atoms with van der Waals surface area (Å²) in [7, 11) is 0. The van der Waals surface area contributed by atoms with Crippen LogP contribution in [0.15, 0.2) is 0 Å².